The smallest absolute Gasteiger partial charge is 0.324 e. The molecule has 2 aliphatic heterocycles. The van der Waals surface area contributed by atoms with Crippen molar-refractivity contribution in [1.29, 1.82) is 0 Å². The zero-order valence-corrected chi connectivity index (χ0v) is 13.2. The van der Waals surface area contributed by atoms with Crippen LogP contribution in [0.3, 0.4) is 0 Å². The summed E-state index contributed by atoms with van der Waals surface area (Å²) < 4.78 is 42.4. The molecule has 7 nitrogen and oxygen atoms in total. The van der Waals surface area contributed by atoms with Gasteiger partial charge < -0.3 is 14.2 Å². The van der Waals surface area contributed by atoms with Crippen LogP contribution in [-0.2, 0) is 26.0 Å². The van der Waals surface area contributed by atoms with Crippen LogP contribution in [0.5, 0.6) is 11.5 Å². The van der Waals surface area contributed by atoms with E-state index in [2.05, 4.69) is 0 Å². The van der Waals surface area contributed by atoms with Crippen molar-refractivity contribution < 1.29 is 27.4 Å². The van der Waals surface area contributed by atoms with Crippen molar-refractivity contribution in [2.75, 3.05) is 26.9 Å². The highest BCUT2D eigenvalue weighted by Gasteiger charge is 2.42. The van der Waals surface area contributed by atoms with Crippen molar-refractivity contribution in [2.24, 2.45) is 0 Å². The number of nitrogens with zero attached hydrogens (tertiary/aromatic N) is 1. The molecule has 0 bridgehead atoms. The lowest BCUT2D eigenvalue weighted by Crippen LogP contribution is -2.49. The molecule has 1 aromatic rings. The van der Waals surface area contributed by atoms with Gasteiger partial charge in [0, 0.05) is 19.0 Å². The first-order chi connectivity index (χ1) is 10.5. The van der Waals surface area contributed by atoms with Crippen LogP contribution >= 0.6 is 0 Å². The summed E-state index contributed by atoms with van der Waals surface area (Å²) >= 11 is 0. The summed E-state index contributed by atoms with van der Waals surface area (Å²) in [6.07, 6.45) is 0.256. The van der Waals surface area contributed by atoms with Gasteiger partial charge in [-0.25, -0.2) is 8.42 Å². The second-order valence-electron chi connectivity index (χ2n) is 5.06. The van der Waals surface area contributed by atoms with E-state index in [1.807, 2.05) is 0 Å². The first-order valence-corrected chi connectivity index (χ1v) is 8.45. The zero-order valence-electron chi connectivity index (χ0n) is 12.4. The van der Waals surface area contributed by atoms with Crippen LogP contribution in [0.4, 0.5) is 0 Å². The fourth-order valence-corrected chi connectivity index (χ4v) is 4.66. The number of rotatable bonds is 2. The lowest BCUT2D eigenvalue weighted by molar-refractivity contribution is -0.145. The van der Waals surface area contributed by atoms with E-state index in [-0.39, 0.29) is 17.9 Å². The number of sulfonamides is 1. The van der Waals surface area contributed by atoms with Crippen molar-refractivity contribution in [1.82, 2.24) is 4.31 Å². The van der Waals surface area contributed by atoms with Crippen LogP contribution in [-0.4, -0.2) is 51.6 Å². The maximum absolute atomic E-state index is 12.8. The van der Waals surface area contributed by atoms with Crippen LogP contribution in [0.15, 0.2) is 17.0 Å². The number of carbonyl (C=O) groups is 1. The standard InChI is InChI=1S/C14H17NO6S/c1-3-15-10(14(16)19-2)6-9-7-11-12(21-5-4-20-11)8-13(9)22(15,17)18/h7-8,10H,3-6H2,1-2H3. The average molecular weight is 327 g/mol. The molecule has 0 saturated carbocycles. The van der Waals surface area contributed by atoms with Crippen molar-refractivity contribution in [3.63, 3.8) is 0 Å². The highest BCUT2D eigenvalue weighted by Crippen LogP contribution is 2.39. The molecule has 1 unspecified atom stereocenters. The predicted molar refractivity (Wildman–Crippen MR) is 76.5 cm³/mol. The first kappa shape index (κ1) is 15.1. The number of esters is 1. The fraction of sp³-hybridized carbons (Fsp3) is 0.500. The Morgan fingerprint density at radius 1 is 1.32 bits per heavy atom. The molecule has 0 saturated heterocycles. The van der Waals surface area contributed by atoms with Gasteiger partial charge in [-0.2, -0.15) is 4.31 Å². The zero-order chi connectivity index (χ0) is 15.9. The molecular weight excluding hydrogens is 310 g/mol. The van der Waals surface area contributed by atoms with Crippen molar-refractivity contribution in [3.8, 4) is 11.5 Å². The van der Waals surface area contributed by atoms with Crippen LogP contribution in [0.25, 0.3) is 0 Å². The first-order valence-electron chi connectivity index (χ1n) is 7.01. The molecule has 8 heteroatoms. The minimum Gasteiger partial charge on any atom is -0.486 e. The van der Waals surface area contributed by atoms with Gasteiger partial charge in [0.15, 0.2) is 11.5 Å². The third-order valence-corrected chi connectivity index (χ3v) is 5.92. The van der Waals surface area contributed by atoms with Gasteiger partial charge in [-0.05, 0) is 11.6 Å². The molecule has 1 atom stereocenters. The largest absolute Gasteiger partial charge is 0.486 e. The van der Waals surface area contributed by atoms with Gasteiger partial charge in [-0.15, -0.1) is 0 Å². The van der Waals surface area contributed by atoms with E-state index in [1.165, 1.54) is 13.2 Å². The van der Waals surface area contributed by atoms with Gasteiger partial charge in [0.2, 0.25) is 10.0 Å². The molecule has 2 aliphatic rings. The Bertz CT molecular complexity index is 714. The van der Waals surface area contributed by atoms with Crippen molar-refractivity contribution >= 4 is 16.0 Å². The second kappa shape index (κ2) is 5.44. The minimum atomic E-state index is -3.77. The number of ether oxygens (including phenoxy) is 3. The molecule has 0 aliphatic carbocycles. The predicted octanol–water partition coefficient (Wildman–Crippen LogP) is 0.566. The van der Waals surface area contributed by atoms with Gasteiger partial charge in [0.1, 0.15) is 19.3 Å². The number of hydrogen-bond acceptors (Lipinski definition) is 6. The molecule has 1 aromatic carbocycles. The Labute approximate surface area is 128 Å². The second-order valence-corrected chi connectivity index (χ2v) is 6.91. The molecule has 0 aromatic heterocycles. The average Bonchev–Trinajstić information content (AvgIpc) is 2.52. The van der Waals surface area contributed by atoms with E-state index in [1.54, 1.807) is 13.0 Å². The summed E-state index contributed by atoms with van der Waals surface area (Å²) in [6, 6.07) is 2.27. The summed E-state index contributed by atoms with van der Waals surface area (Å²) in [6.45, 7) is 2.68. The number of fused-ring (bicyclic) bond motifs is 2. The molecule has 0 radical (unpaired) electrons. The number of methoxy groups -OCH3 is 1. The van der Waals surface area contributed by atoms with Gasteiger partial charge >= 0.3 is 5.97 Å². The summed E-state index contributed by atoms with van der Waals surface area (Å²) in [5.74, 6) is 0.362. The minimum absolute atomic E-state index is 0.166. The summed E-state index contributed by atoms with van der Waals surface area (Å²) in [4.78, 5) is 12.1. The van der Waals surface area contributed by atoms with E-state index >= 15 is 0 Å². The molecule has 0 fully saturated rings. The Kier molecular flexibility index (Phi) is 3.73. The topological polar surface area (TPSA) is 82.1 Å². The normalized spacial score (nSPS) is 22.7. The van der Waals surface area contributed by atoms with Crippen molar-refractivity contribution in [3.05, 3.63) is 17.7 Å². The van der Waals surface area contributed by atoms with Crippen LogP contribution in [0.1, 0.15) is 12.5 Å². The highest BCUT2D eigenvalue weighted by molar-refractivity contribution is 7.89. The van der Waals surface area contributed by atoms with Gasteiger partial charge in [-0.3, -0.25) is 4.79 Å². The summed E-state index contributed by atoms with van der Waals surface area (Å²) in [5, 5.41) is 0. The molecule has 0 N–H and O–H groups in total. The third-order valence-electron chi connectivity index (χ3n) is 3.86. The fourth-order valence-electron chi connectivity index (χ4n) is 2.84. The van der Waals surface area contributed by atoms with Crippen LogP contribution in [0, 0.1) is 0 Å². The molecule has 2 heterocycles. The van der Waals surface area contributed by atoms with Gasteiger partial charge in [0.05, 0.1) is 12.0 Å². The Balaban J connectivity index is 2.14. The third kappa shape index (κ3) is 2.22. The van der Waals surface area contributed by atoms with E-state index < -0.39 is 22.0 Å². The quantitative estimate of drug-likeness (QED) is 0.739. The highest BCUT2D eigenvalue weighted by atomic mass is 32.2. The Morgan fingerprint density at radius 2 is 1.95 bits per heavy atom. The van der Waals surface area contributed by atoms with Crippen LogP contribution < -0.4 is 9.47 Å². The summed E-state index contributed by atoms with van der Waals surface area (Å²) in [5.41, 5.74) is 0.546. The lowest BCUT2D eigenvalue weighted by atomic mass is 10.0. The molecule has 120 valence electrons. The van der Waals surface area contributed by atoms with Crippen molar-refractivity contribution in [2.45, 2.75) is 24.3 Å². The molecular formula is C14H17NO6S. The number of benzene rings is 1. The maximum atomic E-state index is 12.8. The maximum Gasteiger partial charge on any atom is 0.324 e. The Morgan fingerprint density at radius 3 is 2.55 bits per heavy atom. The van der Waals surface area contributed by atoms with Gasteiger partial charge in [-0.1, -0.05) is 6.92 Å². The van der Waals surface area contributed by atoms with E-state index in [0.29, 0.717) is 30.3 Å². The molecule has 0 spiro atoms. The molecule has 22 heavy (non-hydrogen) atoms. The summed E-state index contributed by atoms with van der Waals surface area (Å²) in [7, 11) is -2.52. The molecule has 0 amide bonds. The SMILES string of the molecule is CCN1C(C(=O)OC)Cc2cc3c(cc2S1(=O)=O)OCCO3. The van der Waals surface area contributed by atoms with Crippen LogP contribution in [0.2, 0.25) is 0 Å². The Hall–Kier alpha value is -1.80. The molecule has 3 rings (SSSR count). The lowest BCUT2D eigenvalue weighted by Gasteiger charge is -2.34. The number of hydrogen-bond donors (Lipinski definition) is 0. The van der Waals surface area contributed by atoms with Gasteiger partial charge in [0.25, 0.3) is 0 Å². The monoisotopic (exact) mass is 327 g/mol. The number of carbonyl (C=O) groups excluding carboxylic acids is 1. The van der Waals surface area contributed by atoms with E-state index in [0.717, 1.165) is 4.31 Å². The van der Waals surface area contributed by atoms with E-state index in [9.17, 15) is 13.2 Å². The van der Waals surface area contributed by atoms with E-state index in [4.69, 9.17) is 14.2 Å². The number of likely N-dealkylation sites (N-methyl/N-ethyl adjacent to an activating group) is 1.